The average molecular weight is 318 g/mol. The number of rotatable bonds is 5. The van der Waals surface area contributed by atoms with Gasteiger partial charge in [0.25, 0.3) is 0 Å². The second kappa shape index (κ2) is 8.59. The van der Waals surface area contributed by atoms with Crippen molar-refractivity contribution in [3.63, 3.8) is 0 Å². The van der Waals surface area contributed by atoms with E-state index in [1.807, 2.05) is 6.92 Å². The number of hydrogen-bond acceptors (Lipinski definition) is 3. The van der Waals surface area contributed by atoms with Crippen molar-refractivity contribution in [2.24, 2.45) is 11.7 Å². The number of halogens is 1. The number of carbonyl (C=O) groups is 2. The number of nitrogens with two attached hydrogens (primary N) is 1. The third-order valence-electron chi connectivity index (χ3n) is 4.63. The normalized spacial score (nSPS) is 28.3. The molecule has 1 aliphatic heterocycles. The molecule has 1 aliphatic carbocycles. The van der Waals surface area contributed by atoms with E-state index in [0.29, 0.717) is 18.9 Å². The van der Waals surface area contributed by atoms with Crippen molar-refractivity contribution in [2.75, 3.05) is 13.1 Å². The zero-order valence-corrected chi connectivity index (χ0v) is 13.7. The molecule has 0 aromatic heterocycles. The van der Waals surface area contributed by atoms with E-state index in [2.05, 4.69) is 5.32 Å². The molecule has 2 aliphatic rings. The molecule has 2 fully saturated rings. The van der Waals surface area contributed by atoms with E-state index < -0.39 is 0 Å². The maximum Gasteiger partial charge on any atom is 0.243 e. The molecule has 3 N–H and O–H groups in total. The highest BCUT2D eigenvalue weighted by atomic mass is 35.5. The van der Waals surface area contributed by atoms with Gasteiger partial charge in [-0.1, -0.05) is 13.3 Å². The smallest absolute Gasteiger partial charge is 0.243 e. The Morgan fingerprint density at radius 2 is 2.00 bits per heavy atom. The van der Waals surface area contributed by atoms with E-state index in [0.717, 1.165) is 45.1 Å². The van der Waals surface area contributed by atoms with Crippen molar-refractivity contribution in [3.8, 4) is 0 Å². The molecule has 0 spiro atoms. The first-order valence-corrected chi connectivity index (χ1v) is 7.97. The van der Waals surface area contributed by atoms with Crippen LogP contribution in [-0.2, 0) is 9.59 Å². The first-order chi connectivity index (χ1) is 9.67. The van der Waals surface area contributed by atoms with Gasteiger partial charge in [0, 0.05) is 19.0 Å². The Labute approximate surface area is 133 Å². The molecule has 5 nitrogen and oxygen atoms in total. The predicted molar refractivity (Wildman–Crippen MR) is 85.2 cm³/mol. The second-order valence-electron chi connectivity index (χ2n) is 6.04. The third kappa shape index (κ3) is 4.33. The van der Waals surface area contributed by atoms with Crippen molar-refractivity contribution in [1.82, 2.24) is 10.2 Å². The second-order valence-corrected chi connectivity index (χ2v) is 6.04. The molecule has 0 aromatic rings. The Morgan fingerprint density at radius 3 is 2.67 bits per heavy atom. The fourth-order valence-electron chi connectivity index (χ4n) is 3.48. The number of nitrogens with zero attached hydrogens (tertiary/aromatic N) is 1. The van der Waals surface area contributed by atoms with Crippen LogP contribution in [0.1, 0.15) is 51.9 Å². The minimum absolute atomic E-state index is 0. The lowest BCUT2D eigenvalue weighted by molar-refractivity contribution is -0.138. The van der Waals surface area contributed by atoms with Crippen molar-refractivity contribution in [2.45, 2.75) is 64.0 Å². The van der Waals surface area contributed by atoms with E-state index in [1.54, 1.807) is 4.90 Å². The molecule has 2 amide bonds. The molecule has 6 heteroatoms. The molecule has 3 atom stereocenters. The molecule has 0 aromatic carbocycles. The van der Waals surface area contributed by atoms with E-state index in [1.165, 1.54) is 0 Å². The zero-order chi connectivity index (χ0) is 14.5. The minimum atomic E-state index is -0.256. The number of amides is 2. The third-order valence-corrected chi connectivity index (χ3v) is 4.63. The lowest BCUT2D eigenvalue weighted by atomic mass is 10.0. The summed E-state index contributed by atoms with van der Waals surface area (Å²) in [5.74, 6) is 0.546. The maximum atomic E-state index is 12.4. The van der Waals surface area contributed by atoms with Crippen LogP contribution in [0.4, 0.5) is 0 Å². The summed E-state index contributed by atoms with van der Waals surface area (Å²) in [5, 5.41) is 3.14. The van der Waals surface area contributed by atoms with Gasteiger partial charge in [-0.2, -0.15) is 0 Å². The van der Waals surface area contributed by atoms with Crippen molar-refractivity contribution >= 4 is 24.2 Å². The topological polar surface area (TPSA) is 75.4 Å². The van der Waals surface area contributed by atoms with Gasteiger partial charge in [0.1, 0.15) is 6.04 Å². The monoisotopic (exact) mass is 317 g/mol. The van der Waals surface area contributed by atoms with Crippen LogP contribution >= 0.6 is 12.4 Å². The summed E-state index contributed by atoms with van der Waals surface area (Å²) in [4.78, 5) is 26.2. The summed E-state index contributed by atoms with van der Waals surface area (Å²) in [6, 6.07) is -0.0516. The molecule has 1 saturated carbocycles. The van der Waals surface area contributed by atoms with Crippen LogP contribution in [0.15, 0.2) is 0 Å². The van der Waals surface area contributed by atoms with Crippen LogP contribution in [0.2, 0.25) is 0 Å². The average Bonchev–Trinajstić information content (AvgIpc) is 3.07. The molecule has 3 unspecified atom stereocenters. The van der Waals surface area contributed by atoms with Gasteiger partial charge in [-0.05, 0) is 44.6 Å². The largest absolute Gasteiger partial charge is 0.351 e. The lowest BCUT2D eigenvalue weighted by Crippen LogP contribution is -2.50. The number of hydrogen-bond donors (Lipinski definition) is 2. The Bertz CT molecular complexity index is 365. The summed E-state index contributed by atoms with van der Waals surface area (Å²) in [6.07, 6.45) is 6.35. The van der Waals surface area contributed by atoms with Gasteiger partial charge < -0.3 is 16.0 Å². The molecule has 0 bridgehead atoms. The first-order valence-electron chi connectivity index (χ1n) is 7.97. The van der Waals surface area contributed by atoms with Crippen LogP contribution in [-0.4, -0.2) is 41.9 Å². The highest BCUT2D eigenvalue weighted by Crippen LogP contribution is 2.26. The van der Waals surface area contributed by atoms with Crippen LogP contribution in [0.5, 0.6) is 0 Å². The number of nitrogens with one attached hydrogen (secondary N) is 1. The van der Waals surface area contributed by atoms with Crippen molar-refractivity contribution in [1.29, 1.82) is 0 Å². The van der Waals surface area contributed by atoms with E-state index in [-0.39, 0.29) is 36.3 Å². The Kier molecular flexibility index (Phi) is 7.46. The van der Waals surface area contributed by atoms with E-state index in [4.69, 9.17) is 5.73 Å². The summed E-state index contributed by atoms with van der Waals surface area (Å²) in [7, 11) is 0. The van der Waals surface area contributed by atoms with Crippen LogP contribution in [0.3, 0.4) is 0 Å². The highest BCUT2D eigenvalue weighted by Gasteiger charge is 2.36. The van der Waals surface area contributed by atoms with Gasteiger partial charge in [-0.15, -0.1) is 12.4 Å². The van der Waals surface area contributed by atoms with E-state index in [9.17, 15) is 9.59 Å². The van der Waals surface area contributed by atoms with Gasteiger partial charge >= 0.3 is 0 Å². The quantitative estimate of drug-likeness (QED) is 0.805. The predicted octanol–water partition coefficient (Wildman–Crippen LogP) is 1.44. The molecule has 1 saturated heterocycles. The fraction of sp³-hybridized carbons (Fsp3) is 0.867. The van der Waals surface area contributed by atoms with Crippen molar-refractivity contribution < 1.29 is 9.59 Å². The van der Waals surface area contributed by atoms with Crippen LogP contribution in [0.25, 0.3) is 0 Å². The standard InChI is InChI=1S/C15H27N3O2.ClH/c1-2-5-14(19)18-9-4-8-13(18)15(20)17-12-7-3-6-11(12)10-16;/h11-13H,2-10,16H2,1H3,(H,17,20);1H. The molecular weight excluding hydrogens is 290 g/mol. The molecule has 1 heterocycles. The zero-order valence-electron chi connectivity index (χ0n) is 12.8. The minimum Gasteiger partial charge on any atom is -0.351 e. The molecule has 0 radical (unpaired) electrons. The van der Waals surface area contributed by atoms with Crippen LogP contribution < -0.4 is 11.1 Å². The summed E-state index contributed by atoms with van der Waals surface area (Å²) < 4.78 is 0. The highest BCUT2D eigenvalue weighted by molar-refractivity contribution is 5.88. The van der Waals surface area contributed by atoms with Gasteiger partial charge in [-0.3, -0.25) is 9.59 Å². The Balaban J connectivity index is 0.00000220. The van der Waals surface area contributed by atoms with E-state index >= 15 is 0 Å². The summed E-state index contributed by atoms with van der Waals surface area (Å²) >= 11 is 0. The van der Waals surface area contributed by atoms with Gasteiger partial charge in [0.2, 0.25) is 11.8 Å². The van der Waals surface area contributed by atoms with Gasteiger partial charge in [0.15, 0.2) is 0 Å². The maximum absolute atomic E-state index is 12.4. The molecule has 21 heavy (non-hydrogen) atoms. The fourth-order valence-corrected chi connectivity index (χ4v) is 3.48. The van der Waals surface area contributed by atoms with Gasteiger partial charge in [-0.25, -0.2) is 0 Å². The molecule has 122 valence electrons. The Hall–Kier alpha value is -0.810. The molecule has 2 rings (SSSR count). The SMILES string of the molecule is CCCC(=O)N1CCCC1C(=O)NC1CCCC1CN.Cl. The molecular formula is C15H28ClN3O2. The first kappa shape index (κ1) is 18.2. The Morgan fingerprint density at radius 1 is 1.24 bits per heavy atom. The van der Waals surface area contributed by atoms with Crippen molar-refractivity contribution in [3.05, 3.63) is 0 Å². The van der Waals surface area contributed by atoms with Gasteiger partial charge in [0.05, 0.1) is 0 Å². The van der Waals surface area contributed by atoms with Crippen LogP contribution in [0, 0.1) is 5.92 Å². The summed E-state index contributed by atoms with van der Waals surface area (Å²) in [5.41, 5.74) is 5.75. The number of likely N-dealkylation sites (tertiary alicyclic amines) is 1. The number of carbonyl (C=O) groups excluding carboxylic acids is 2. The lowest BCUT2D eigenvalue weighted by Gasteiger charge is -2.27. The summed E-state index contributed by atoms with van der Waals surface area (Å²) in [6.45, 7) is 3.35.